The van der Waals surface area contributed by atoms with Gasteiger partial charge in [0.05, 0.1) is 51.7 Å². The Morgan fingerprint density at radius 2 is 1.26 bits per heavy atom. The topological polar surface area (TPSA) is 478 Å². The van der Waals surface area contributed by atoms with Crippen molar-refractivity contribution in [1.29, 1.82) is 0 Å². The highest BCUT2D eigenvalue weighted by Crippen LogP contribution is 2.44. The quantitative estimate of drug-likeness (QED) is 0.0336. The van der Waals surface area contributed by atoms with Gasteiger partial charge in [0.15, 0.2) is 11.4 Å². The van der Waals surface area contributed by atoms with Gasteiger partial charge in [-0.2, -0.15) is 53.0 Å². The summed E-state index contributed by atoms with van der Waals surface area (Å²) in [5.41, 5.74) is -0.127. The van der Waals surface area contributed by atoms with Gasteiger partial charge in [-0.05, 0) is 73.5 Å². The molecule has 2 heterocycles. The molecule has 0 saturated heterocycles. The summed E-state index contributed by atoms with van der Waals surface area (Å²) in [6.07, 6.45) is 1.13. The zero-order valence-corrected chi connectivity index (χ0v) is 41.6. The second kappa shape index (κ2) is 23.4. The highest BCUT2D eigenvalue weighted by molar-refractivity contribution is 7.86. The first-order chi connectivity index (χ1) is 34.6. The molecule has 0 atom stereocenters. The van der Waals surface area contributed by atoms with E-state index in [0.29, 0.717) is 5.56 Å². The fourth-order valence-electron chi connectivity index (χ4n) is 6.27. The summed E-state index contributed by atoms with van der Waals surface area (Å²) >= 11 is 0.766. The van der Waals surface area contributed by atoms with Crippen molar-refractivity contribution in [1.82, 2.24) is 14.8 Å². The first kappa shape index (κ1) is 57.2. The Hall–Kier alpha value is -7.74. The van der Waals surface area contributed by atoms with Crippen LogP contribution < -0.4 is 4.74 Å². The summed E-state index contributed by atoms with van der Waals surface area (Å²) in [6.45, 7) is 0.648. The number of fused-ring (bicyclic) bond motifs is 2. The highest BCUT2D eigenvalue weighted by atomic mass is 32.2. The van der Waals surface area contributed by atoms with Gasteiger partial charge in [-0.25, -0.2) is 4.98 Å². The van der Waals surface area contributed by atoms with Crippen LogP contribution in [0.1, 0.15) is 17.5 Å². The van der Waals surface area contributed by atoms with Crippen molar-refractivity contribution in [3.05, 3.63) is 90.1 Å². The number of aliphatic hydroxyl groups excluding tert-OH is 1. The Kier molecular flexibility index (Phi) is 18.1. The predicted octanol–water partition coefficient (Wildman–Crippen LogP) is 5.90. The number of aryl methyl sites for hydroxylation is 1. The molecule has 0 aliphatic heterocycles. The predicted molar refractivity (Wildman–Crippen MR) is 251 cm³/mol. The molecule has 74 heavy (non-hydrogen) atoms. The number of aromatic hydroxyl groups is 2. The number of benzene rings is 5. The second-order valence-corrected chi connectivity index (χ2v) is 21.3. The first-order valence-corrected chi connectivity index (χ1v) is 27.2. The number of thiazole rings is 1. The number of phenolic OH excluding ortho intramolecular Hbond substituents is 1. The largest absolute Gasteiger partial charge is 0.505 e. The van der Waals surface area contributed by atoms with Crippen LogP contribution in [-0.2, 0) is 67.3 Å². The van der Waals surface area contributed by atoms with Crippen molar-refractivity contribution in [2.45, 2.75) is 34.6 Å². The SMILES string of the molecule is Cc1cc(N=Nc2ccc3c(S(=O)(=O)O)c(N=Nc4cnn(-c5ccc(S(=O)(=O)O)cc5)c4O)ccc3c2O)c(OCCCS(=O)(=O)O)cc1N=Nc1nc2ccc(CO)c(S(=O)(=O)O)c2s1.O=C=O.O=S(=O)=O. The number of nitrogens with zero attached hydrogens (tertiary/aromatic N) is 9. The molecule has 5 aromatic carbocycles. The maximum atomic E-state index is 12.7. The maximum absolute atomic E-state index is 12.7. The number of hydrogen-bond acceptors (Lipinski definition) is 26. The van der Waals surface area contributed by atoms with Crippen molar-refractivity contribution < 1.29 is 94.2 Å². The van der Waals surface area contributed by atoms with Crippen LogP contribution in [0, 0.1) is 6.92 Å². The molecule has 0 spiro atoms. The summed E-state index contributed by atoms with van der Waals surface area (Å²) < 4.78 is 166. The standard InChI is InChI=1S/C37H31N9O16S5.CO2.O3S/c1-19-15-29(31(62-13-2-14-64(50,51)52)16-28(19)42-45-37-39-26-10-3-20(18-47)34(33(26)63-37)66(56,57)58)43-40-25-11-9-24-23(32(25)48)8-12-27(35(24)67(59,60)61)41-44-30-17-38-46(36(30)49)21-4-6-22(7-5-21)65(53,54)55;2-1-3;1-4(2)3/h3-12,15-17,47-49H,2,13-14,18H2,1H3,(H,50,51,52)(H,53,54,55)(H,56,57,58)(H,59,60,61);;. The van der Waals surface area contributed by atoms with Crippen LogP contribution in [0.25, 0.3) is 26.7 Å². The van der Waals surface area contributed by atoms with Gasteiger partial charge in [0, 0.05) is 22.4 Å². The van der Waals surface area contributed by atoms with Crippen molar-refractivity contribution in [3.63, 3.8) is 0 Å². The molecule has 0 aliphatic rings. The maximum Gasteiger partial charge on any atom is 0.425 e. The normalized spacial score (nSPS) is 12.2. The average molecular weight is 1140 g/mol. The molecular weight excluding hydrogens is 1110 g/mol. The number of aliphatic hydroxyl groups is 1. The number of hydrogen-bond donors (Lipinski definition) is 7. The monoisotopic (exact) mass is 1140 g/mol. The molecule has 7 N–H and O–H groups in total. The number of rotatable bonds is 16. The minimum Gasteiger partial charge on any atom is -0.505 e. The third-order valence-electron chi connectivity index (χ3n) is 9.31. The van der Waals surface area contributed by atoms with Gasteiger partial charge < -0.3 is 20.1 Å². The lowest BCUT2D eigenvalue weighted by molar-refractivity contribution is -0.191. The number of ether oxygens (including phenoxy) is 1. The van der Waals surface area contributed by atoms with Gasteiger partial charge in [0.2, 0.25) is 11.0 Å². The molecule has 0 fully saturated rings. The van der Waals surface area contributed by atoms with Crippen LogP contribution in [-0.4, -0.2) is 113 Å². The third kappa shape index (κ3) is 14.5. The Bertz CT molecular complexity index is 4020. The van der Waals surface area contributed by atoms with Crippen LogP contribution in [0.15, 0.2) is 124 Å². The molecule has 36 heteroatoms. The van der Waals surface area contributed by atoms with E-state index in [1.165, 1.54) is 48.5 Å². The molecule has 0 bridgehead atoms. The summed E-state index contributed by atoms with van der Waals surface area (Å²) in [4.78, 5) is 18.7. The fraction of sp³-hybridized carbons (Fsp3) is 0.132. The summed E-state index contributed by atoms with van der Waals surface area (Å²) in [6, 6.07) is 14.7. The molecule has 2 aromatic heterocycles. The number of phenols is 1. The van der Waals surface area contributed by atoms with Gasteiger partial charge in [0.1, 0.15) is 32.6 Å². The minimum absolute atomic E-state index is 0.00759. The van der Waals surface area contributed by atoms with Gasteiger partial charge in [-0.3, -0.25) is 18.2 Å². The Morgan fingerprint density at radius 1 is 0.689 bits per heavy atom. The molecule has 0 unspecified atom stereocenters. The van der Waals surface area contributed by atoms with Crippen LogP contribution >= 0.6 is 11.3 Å². The Morgan fingerprint density at radius 3 is 1.85 bits per heavy atom. The van der Waals surface area contributed by atoms with E-state index < -0.39 is 95.4 Å². The minimum atomic E-state index is -5.09. The van der Waals surface area contributed by atoms with E-state index in [1.807, 2.05) is 0 Å². The van der Waals surface area contributed by atoms with Crippen LogP contribution in [0.3, 0.4) is 0 Å². The summed E-state index contributed by atoms with van der Waals surface area (Å²) in [7, 11) is -21.8. The zero-order chi connectivity index (χ0) is 54.9. The van der Waals surface area contributed by atoms with Gasteiger partial charge in [-0.1, -0.05) is 23.5 Å². The van der Waals surface area contributed by atoms with Gasteiger partial charge in [-0.15, -0.1) is 43.3 Å². The molecule has 0 aliphatic carbocycles. The average Bonchev–Trinajstić information content (AvgIpc) is 3.89. The van der Waals surface area contributed by atoms with E-state index in [1.54, 1.807) is 6.92 Å². The van der Waals surface area contributed by atoms with Gasteiger partial charge in [0.25, 0.3) is 40.5 Å². The van der Waals surface area contributed by atoms with Crippen LogP contribution in [0.5, 0.6) is 17.4 Å². The Labute approximate surface area is 420 Å². The van der Waals surface area contributed by atoms with E-state index in [2.05, 4.69) is 40.8 Å². The lowest BCUT2D eigenvalue weighted by Gasteiger charge is -2.11. The number of carbonyl (C=O) groups excluding carboxylic acids is 2. The smallest absolute Gasteiger partial charge is 0.425 e. The summed E-state index contributed by atoms with van der Waals surface area (Å²) in [5.74, 6) is -1.90. The van der Waals surface area contributed by atoms with E-state index in [0.717, 1.165) is 46.5 Å². The van der Waals surface area contributed by atoms with E-state index in [9.17, 15) is 67.2 Å². The first-order valence-electron chi connectivity index (χ1n) is 19.4. The van der Waals surface area contributed by atoms with Crippen molar-refractivity contribution in [3.8, 4) is 23.1 Å². The summed E-state index contributed by atoms with van der Waals surface area (Å²) in [5, 5.41) is 59.5. The zero-order valence-electron chi connectivity index (χ0n) is 36.7. The molecule has 390 valence electrons. The molecule has 0 amide bonds. The number of azo groups is 3. The van der Waals surface area contributed by atoms with Gasteiger partial charge >= 0.3 is 16.8 Å². The fourth-order valence-corrected chi connectivity index (χ4v) is 10.2. The third-order valence-corrected chi connectivity index (χ3v) is 14.0. The van der Waals surface area contributed by atoms with Crippen molar-refractivity contribution in [2.75, 3.05) is 12.4 Å². The van der Waals surface area contributed by atoms with Crippen molar-refractivity contribution >= 4 is 123 Å². The van der Waals surface area contributed by atoms with Crippen LogP contribution in [0.2, 0.25) is 0 Å². The molecule has 7 rings (SSSR count). The second-order valence-electron chi connectivity index (χ2n) is 14.2. The van der Waals surface area contributed by atoms with Crippen LogP contribution in [0.4, 0.5) is 33.6 Å². The lowest BCUT2D eigenvalue weighted by Crippen LogP contribution is -2.08. The Balaban J connectivity index is 0.00000136. The molecule has 30 nitrogen and oxygen atoms in total. The number of aromatic nitrogens is 3. The van der Waals surface area contributed by atoms with Crippen molar-refractivity contribution in [2.24, 2.45) is 30.7 Å². The highest BCUT2D eigenvalue weighted by Gasteiger charge is 2.24. The molecule has 0 saturated carbocycles. The molecule has 0 radical (unpaired) electrons. The lowest BCUT2D eigenvalue weighted by atomic mass is 10.1. The molecular formula is C38H31N9O21S6. The molecule has 7 aromatic rings. The van der Waals surface area contributed by atoms with E-state index in [4.69, 9.17) is 27.0 Å². The van der Waals surface area contributed by atoms with E-state index >= 15 is 0 Å². The van der Waals surface area contributed by atoms with E-state index in [-0.39, 0.29) is 85.0 Å².